The summed E-state index contributed by atoms with van der Waals surface area (Å²) in [4.78, 5) is 12.6. The molecule has 0 saturated heterocycles. The van der Waals surface area contributed by atoms with Crippen LogP contribution < -0.4 is 15.9 Å². The highest BCUT2D eigenvalue weighted by atomic mass is 16.6. The number of amides is 1. The van der Waals surface area contributed by atoms with Gasteiger partial charge >= 0.3 is 0 Å². The first kappa shape index (κ1) is 19.0. The average molecular weight is 384 g/mol. The van der Waals surface area contributed by atoms with E-state index in [0.29, 0.717) is 18.1 Å². The zero-order valence-electron chi connectivity index (χ0n) is 15.7. The van der Waals surface area contributed by atoms with Gasteiger partial charge in [0, 0.05) is 5.56 Å². The van der Waals surface area contributed by atoms with Crippen molar-refractivity contribution in [3.8, 4) is 11.6 Å². The number of nitrogens with one attached hydrogen (secondary N) is 1. The molecule has 3 rings (SSSR count). The zero-order valence-corrected chi connectivity index (χ0v) is 15.7. The molecule has 0 aliphatic heterocycles. The third kappa shape index (κ3) is 3.82. The summed E-state index contributed by atoms with van der Waals surface area (Å²) in [5.41, 5.74) is 9.52. The Hall–Kier alpha value is -3.76. The standard InChI is InChI=1S/C17H20N8O3/c1-4-27-12-8-6-5-7-11(12)9-19-21-17(26)13-14(10(2)3)25(24-20-13)16-15(18)22-28-23-16/h5-10H,4H2,1-3H3,(H2,18,22)(H,21,26)/b19-9-. The normalized spacial score (nSPS) is 11.3. The van der Waals surface area contributed by atoms with E-state index in [9.17, 15) is 4.79 Å². The number of hydrogen-bond donors (Lipinski definition) is 2. The molecule has 3 N–H and O–H groups in total. The van der Waals surface area contributed by atoms with Crippen LogP contribution >= 0.6 is 0 Å². The first-order chi connectivity index (χ1) is 13.5. The lowest BCUT2D eigenvalue weighted by Gasteiger charge is -2.08. The highest BCUT2D eigenvalue weighted by Gasteiger charge is 2.25. The fourth-order valence-electron chi connectivity index (χ4n) is 2.55. The van der Waals surface area contributed by atoms with Crippen molar-refractivity contribution in [2.75, 3.05) is 12.3 Å². The summed E-state index contributed by atoms with van der Waals surface area (Å²) in [7, 11) is 0. The van der Waals surface area contributed by atoms with Crippen LogP contribution in [0.4, 0.5) is 5.82 Å². The summed E-state index contributed by atoms with van der Waals surface area (Å²) in [6.45, 7) is 6.19. The van der Waals surface area contributed by atoms with Crippen LogP contribution in [0, 0.1) is 0 Å². The van der Waals surface area contributed by atoms with E-state index in [1.165, 1.54) is 10.9 Å². The minimum absolute atomic E-state index is 0.0457. The van der Waals surface area contributed by atoms with Gasteiger partial charge in [-0.1, -0.05) is 31.2 Å². The second-order valence-corrected chi connectivity index (χ2v) is 6.03. The van der Waals surface area contributed by atoms with Gasteiger partial charge in [0.15, 0.2) is 5.69 Å². The molecule has 1 aromatic carbocycles. The number of ether oxygens (including phenoxy) is 1. The average Bonchev–Trinajstić information content (AvgIpc) is 3.29. The predicted octanol–water partition coefficient (Wildman–Crippen LogP) is 1.52. The Balaban J connectivity index is 1.82. The summed E-state index contributed by atoms with van der Waals surface area (Å²) in [6, 6.07) is 7.37. The Kier molecular flexibility index (Phi) is 5.63. The van der Waals surface area contributed by atoms with Crippen molar-refractivity contribution in [1.29, 1.82) is 0 Å². The fourth-order valence-corrected chi connectivity index (χ4v) is 2.55. The molecular weight excluding hydrogens is 364 g/mol. The number of nitrogen functional groups attached to an aromatic ring is 1. The van der Waals surface area contributed by atoms with Gasteiger partial charge in [-0.05, 0) is 35.3 Å². The van der Waals surface area contributed by atoms with E-state index in [-0.39, 0.29) is 23.2 Å². The maximum Gasteiger partial charge on any atom is 0.293 e. The van der Waals surface area contributed by atoms with Gasteiger partial charge in [-0.25, -0.2) is 10.1 Å². The molecule has 0 bridgehead atoms. The third-order valence-electron chi connectivity index (χ3n) is 3.75. The smallest absolute Gasteiger partial charge is 0.293 e. The molecule has 11 heteroatoms. The van der Waals surface area contributed by atoms with E-state index in [2.05, 4.69) is 35.8 Å². The summed E-state index contributed by atoms with van der Waals surface area (Å²) in [6.07, 6.45) is 1.50. The van der Waals surface area contributed by atoms with Gasteiger partial charge in [0.25, 0.3) is 5.91 Å². The monoisotopic (exact) mass is 384 g/mol. The maximum atomic E-state index is 12.6. The van der Waals surface area contributed by atoms with E-state index in [1.54, 1.807) is 0 Å². The number of anilines is 1. The summed E-state index contributed by atoms with van der Waals surface area (Å²) in [5, 5.41) is 19.1. The zero-order chi connectivity index (χ0) is 20.1. The van der Waals surface area contributed by atoms with Crippen molar-refractivity contribution in [2.45, 2.75) is 26.7 Å². The fraction of sp³-hybridized carbons (Fsp3) is 0.294. The lowest BCUT2D eigenvalue weighted by Crippen LogP contribution is -2.21. The van der Waals surface area contributed by atoms with Crippen LogP contribution in [0.1, 0.15) is 48.4 Å². The van der Waals surface area contributed by atoms with Gasteiger partial charge in [-0.15, -0.1) is 5.10 Å². The van der Waals surface area contributed by atoms with E-state index in [0.717, 1.165) is 5.56 Å². The summed E-state index contributed by atoms with van der Waals surface area (Å²) >= 11 is 0. The first-order valence-corrected chi connectivity index (χ1v) is 8.62. The molecule has 0 aliphatic carbocycles. The van der Waals surface area contributed by atoms with E-state index < -0.39 is 5.91 Å². The minimum Gasteiger partial charge on any atom is -0.493 e. The van der Waals surface area contributed by atoms with E-state index in [4.69, 9.17) is 10.5 Å². The molecule has 0 radical (unpaired) electrons. The molecule has 0 unspecified atom stereocenters. The highest BCUT2D eigenvalue weighted by molar-refractivity contribution is 5.94. The Morgan fingerprint density at radius 2 is 2.18 bits per heavy atom. The van der Waals surface area contributed by atoms with Gasteiger partial charge in [-0.3, -0.25) is 4.79 Å². The Morgan fingerprint density at radius 3 is 2.86 bits per heavy atom. The Morgan fingerprint density at radius 1 is 1.39 bits per heavy atom. The molecule has 0 spiro atoms. The number of hydrazone groups is 1. The Bertz CT molecular complexity index is 992. The van der Waals surface area contributed by atoms with Crippen molar-refractivity contribution >= 4 is 17.9 Å². The molecule has 0 fully saturated rings. The SMILES string of the molecule is CCOc1ccccc1/C=N\NC(=O)c1nnn(-c2nonc2N)c1C(C)C. The lowest BCUT2D eigenvalue weighted by atomic mass is 10.1. The predicted molar refractivity (Wildman–Crippen MR) is 100 cm³/mol. The van der Waals surface area contributed by atoms with Gasteiger partial charge in [0.05, 0.1) is 18.5 Å². The largest absolute Gasteiger partial charge is 0.493 e. The number of carbonyl (C=O) groups is 1. The molecule has 0 saturated carbocycles. The van der Waals surface area contributed by atoms with Crippen molar-refractivity contribution in [3.63, 3.8) is 0 Å². The number of rotatable bonds is 7. The van der Waals surface area contributed by atoms with Gasteiger partial charge in [-0.2, -0.15) is 9.78 Å². The van der Waals surface area contributed by atoms with Crippen LogP contribution in [0.15, 0.2) is 34.0 Å². The number of benzene rings is 1. The molecule has 28 heavy (non-hydrogen) atoms. The van der Waals surface area contributed by atoms with Crippen LogP contribution in [0.3, 0.4) is 0 Å². The van der Waals surface area contributed by atoms with Gasteiger partial charge < -0.3 is 10.5 Å². The highest BCUT2D eigenvalue weighted by Crippen LogP contribution is 2.22. The molecule has 1 amide bonds. The van der Waals surface area contributed by atoms with Crippen LogP contribution in [-0.4, -0.2) is 44.0 Å². The van der Waals surface area contributed by atoms with Crippen LogP contribution in [0.5, 0.6) is 5.75 Å². The number of carbonyl (C=O) groups excluding carboxylic acids is 1. The molecule has 2 aromatic heterocycles. The second-order valence-electron chi connectivity index (χ2n) is 6.03. The molecule has 0 atom stereocenters. The molecular formula is C17H20N8O3. The summed E-state index contributed by atoms with van der Waals surface area (Å²) in [5.74, 6) is 0.268. The maximum absolute atomic E-state index is 12.6. The molecule has 146 valence electrons. The minimum atomic E-state index is -0.518. The molecule has 2 heterocycles. The number of aromatic nitrogens is 5. The third-order valence-corrected chi connectivity index (χ3v) is 3.75. The van der Waals surface area contributed by atoms with Crippen LogP contribution in [0.2, 0.25) is 0 Å². The lowest BCUT2D eigenvalue weighted by molar-refractivity contribution is 0.0948. The van der Waals surface area contributed by atoms with Crippen molar-refractivity contribution in [3.05, 3.63) is 41.2 Å². The van der Waals surface area contributed by atoms with Crippen molar-refractivity contribution < 1.29 is 14.2 Å². The number of nitrogens with zero attached hydrogens (tertiary/aromatic N) is 6. The van der Waals surface area contributed by atoms with E-state index >= 15 is 0 Å². The summed E-state index contributed by atoms with van der Waals surface area (Å²) < 4.78 is 11.5. The first-order valence-electron chi connectivity index (χ1n) is 8.62. The van der Waals surface area contributed by atoms with Gasteiger partial charge in [0.2, 0.25) is 11.6 Å². The molecule has 0 aliphatic rings. The van der Waals surface area contributed by atoms with Crippen molar-refractivity contribution in [1.82, 2.24) is 30.7 Å². The quantitative estimate of drug-likeness (QED) is 0.460. The molecule has 11 nitrogen and oxygen atoms in total. The number of para-hydroxylation sites is 1. The topological polar surface area (TPSA) is 146 Å². The van der Waals surface area contributed by atoms with Gasteiger partial charge in [0.1, 0.15) is 5.75 Å². The van der Waals surface area contributed by atoms with E-state index in [1.807, 2.05) is 45.0 Å². The second kappa shape index (κ2) is 8.29. The molecule has 3 aromatic rings. The number of hydrogen-bond acceptors (Lipinski definition) is 9. The van der Waals surface area contributed by atoms with Crippen LogP contribution in [-0.2, 0) is 0 Å². The number of nitrogens with two attached hydrogens (primary N) is 1. The Labute approximate surface area is 160 Å². The van der Waals surface area contributed by atoms with Crippen molar-refractivity contribution in [2.24, 2.45) is 5.10 Å². The van der Waals surface area contributed by atoms with Crippen LogP contribution in [0.25, 0.3) is 5.82 Å².